The number of allylic oxidation sites excluding steroid dienone is 2. The van der Waals surface area contributed by atoms with Crippen molar-refractivity contribution in [1.29, 1.82) is 0 Å². The van der Waals surface area contributed by atoms with E-state index in [0.29, 0.717) is 18.0 Å². The number of fused-ring (bicyclic) bond motifs is 1. The van der Waals surface area contributed by atoms with Crippen LogP contribution in [0.2, 0.25) is 0 Å². The van der Waals surface area contributed by atoms with Crippen LogP contribution in [0.25, 0.3) is 16.2 Å². The summed E-state index contributed by atoms with van der Waals surface area (Å²) in [6.07, 6.45) is 6.90. The molecule has 1 amide bonds. The molecule has 6 nitrogen and oxygen atoms in total. The molecule has 1 aliphatic rings. The molecule has 3 aromatic rings. The molecular formula is C17H17N5OS. The van der Waals surface area contributed by atoms with Crippen LogP contribution < -0.4 is 5.32 Å². The smallest absolute Gasteiger partial charge is 0.223 e. The first-order valence-electron chi connectivity index (χ1n) is 7.99. The minimum Gasteiger partial charge on any atom is -0.348 e. The molecular weight excluding hydrogens is 322 g/mol. The number of rotatable bonds is 4. The second-order valence-electron chi connectivity index (χ2n) is 5.78. The number of hydrogen-bond donors (Lipinski definition) is 1. The van der Waals surface area contributed by atoms with Crippen LogP contribution in [0.3, 0.4) is 0 Å². The largest absolute Gasteiger partial charge is 0.348 e. The Morgan fingerprint density at radius 1 is 1.29 bits per heavy atom. The van der Waals surface area contributed by atoms with Gasteiger partial charge in [0, 0.05) is 5.92 Å². The van der Waals surface area contributed by atoms with Gasteiger partial charge in [-0.25, -0.2) is 0 Å². The fourth-order valence-corrected chi connectivity index (χ4v) is 3.53. The molecule has 0 unspecified atom stereocenters. The second kappa shape index (κ2) is 6.52. The Balaban J connectivity index is 1.52. The molecule has 0 radical (unpaired) electrons. The zero-order chi connectivity index (χ0) is 16.4. The average Bonchev–Trinajstić information content (AvgIpc) is 3.30. The summed E-state index contributed by atoms with van der Waals surface area (Å²) in [4.78, 5) is 13.4. The first kappa shape index (κ1) is 15.0. The van der Waals surface area contributed by atoms with Gasteiger partial charge in [0.15, 0.2) is 11.5 Å². The Kier molecular flexibility index (Phi) is 4.08. The first-order chi connectivity index (χ1) is 11.8. The molecule has 4 rings (SSSR count). The average molecular weight is 339 g/mol. The van der Waals surface area contributed by atoms with Crippen LogP contribution in [-0.2, 0) is 11.3 Å². The monoisotopic (exact) mass is 339 g/mol. The topological polar surface area (TPSA) is 72.2 Å². The van der Waals surface area contributed by atoms with Crippen LogP contribution in [0, 0.1) is 5.92 Å². The molecule has 1 N–H and O–H groups in total. The van der Waals surface area contributed by atoms with Gasteiger partial charge >= 0.3 is 0 Å². The zero-order valence-electron chi connectivity index (χ0n) is 13.1. The molecule has 0 saturated carbocycles. The number of carbonyl (C=O) groups is 1. The van der Waals surface area contributed by atoms with E-state index in [0.717, 1.165) is 29.8 Å². The zero-order valence-corrected chi connectivity index (χ0v) is 13.9. The lowest BCUT2D eigenvalue weighted by Crippen LogP contribution is -2.31. The number of amides is 1. The van der Waals surface area contributed by atoms with Crippen molar-refractivity contribution < 1.29 is 4.79 Å². The molecule has 1 atom stereocenters. The molecule has 0 spiro atoms. The van der Waals surface area contributed by atoms with Crippen molar-refractivity contribution >= 4 is 22.9 Å². The van der Waals surface area contributed by atoms with Crippen LogP contribution in [-0.4, -0.2) is 25.7 Å². The Labute approximate surface area is 143 Å². The van der Waals surface area contributed by atoms with Gasteiger partial charge in [0.25, 0.3) is 0 Å². The Morgan fingerprint density at radius 2 is 2.25 bits per heavy atom. The summed E-state index contributed by atoms with van der Waals surface area (Å²) in [5, 5.41) is 17.9. The summed E-state index contributed by atoms with van der Waals surface area (Å²) >= 11 is 1.64. The van der Waals surface area contributed by atoms with Gasteiger partial charge in [0.2, 0.25) is 5.91 Å². The van der Waals surface area contributed by atoms with Crippen molar-refractivity contribution in [2.45, 2.75) is 25.8 Å². The van der Waals surface area contributed by atoms with Crippen LogP contribution in [0.5, 0.6) is 0 Å². The summed E-state index contributed by atoms with van der Waals surface area (Å²) in [7, 11) is 0. The number of nitrogens with zero attached hydrogens (tertiary/aromatic N) is 4. The van der Waals surface area contributed by atoms with Gasteiger partial charge in [-0.3, -0.25) is 4.79 Å². The lowest BCUT2D eigenvalue weighted by atomic mass is 9.94. The fraction of sp³-hybridized carbons (Fsp3) is 0.294. The molecule has 3 heterocycles. The molecule has 122 valence electrons. The van der Waals surface area contributed by atoms with E-state index in [9.17, 15) is 4.79 Å². The second-order valence-corrected chi connectivity index (χ2v) is 6.73. The van der Waals surface area contributed by atoms with E-state index in [1.807, 2.05) is 29.6 Å². The van der Waals surface area contributed by atoms with Crippen molar-refractivity contribution in [3.05, 3.63) is 47.6 Å². The number of hydrogen-bond acceptors (Lipinski definition) is 5. The summed E-state index contributed by atoms with van der Waals surface area (Å²) in [6, 6.07) is 7.86. The number of thiophene rings is 1. The minimum atomic E-state index is 0.0591. The van der Waals surface area contributed by atoms with Gasteiger partial charge < -0.3 is 5.32 Å². The first-order valence-corrected chi connectivity index (χ1v) is 8.87. The van der Waals surface area contributed by atoms with E-state index in [2.05, 4.69) is 32.8 Å². The van der Waals surface area contributed by atoms with Crippen LogP contribution in [0.1, 0.15) is 25.1 Å². The molecule has 0 fully saturated rings. The van der Waals surface area contributed by atoms with Gasteiger partial charge in [-0.15, -0.1) is 21.5 Å². The SMILES string of the molecule is O=C(NCc1nnc2ccc(-c3cccs3)nn12)[C@@H]1CC=CCC1. The highest BCUT2D eigenvalue weighted by atomic mass is 32.1. The molecule has 24 heavy (non-hydrogen) atoms. The maximum Gasteiger partial charge on any atom is 0.223 e. The van der Waals surface area contributed by atoms with E-state index < -0.39 is 0 Å². The highest BCUT2D eigenvalue weighted by molar-refractivity contribution is 7.13. The van der Waals surface area contributed by atoms with Crippen molar-refractivity contribution in [2.75, 3.05) is 0 Å². The number of carbonyl (C=O) groups excluding carboxylic acids is 1. The fourth-order valence-electron chi connectivity index (χ4n) is 2.84. The van der Waals surface area contributed by atoms with E-state index >= 15 is 0 Å². The quantitative estimate of drug-likeness (QED) is 0.742. The van der Waals surface area contributed by atoms with E-state index in [1.54, 1.807) is 15.9 Å². The van der Waals surface area contributed by atoms with E-state index in [1.165, 1.54) is 0 Å². The standard InChI is InChI=1S/C17H17N5OS/c23-17(12-5-2-1-3-6-12)18-11-16-20-19-15-9-8-13(21-22(15)16)14-7-4-10-24-14/h1-2,4,7-10,12H,3,5-6,11H2,(H,18,23)/t12-/m1/s1. The summed E-state index contributed by atoms with van der Waals surface area (Å²) in [6.45, 7) is 0.334. The van der Waals surface area contributed by atoms with Crippen molar-refractivity contribution in [3.8, 4) is 10.6 Å². The highest BCUT2D eigenvalue weighted by Gasteiger charge is 2.19. The third kappa shape index (κ3) is 2.94. The predicted molar refractivity (Wildman–Crippen MR) is 92.4 cm³/mol. The summed E-state index contributed by atoms with van der Waals surface area (Å²) in [5.41, 5.74) is 1.56. The third-order valence-electron chi connectivity index (χ3n) is 4.16. The predicted octanol–water partition coefficient (Wildman–Crippen LogP) is 2.83. The highest BCUT2D eigenvalue weighted by Crippen LogP contribution is 2.22. The maximum absolute atomic E-state index is 12.3. The molecule has 0 aromatic carbocycles. The number of aromatic nitrogens is 4. The molecule has 0 bridgehead atoms. The van der Waals surface area contributed by atoms with E-state index in [4.69, 9.17) is 0 Å². The molecule has 0 saturated heterocycles. The normalized spacial score (nSPS) is 17.2. The molecule has 7 heteroatoms. The maximum atomic E-state index is 12.3. The number of nitrogens with one attached hydrogen (secondary N) is 1. The van der Waals surface area contributed by atoms with Gasteiger partial charge in [-0.1, -0.05) is 18.2 Å². The minimum absolute atomic E-state index is 0.0591. The molecule has 0 aliphatic heterocycles. The Hall–Kier alpha value is -2.54. The van der Waals surface area contributed by atoms with Gasteiger partial charge in [-0.2, -0.15) is 9.61 Å². The summed E-state index contributed by atoms with van der Waals surface area (Å²) < 4.78 is 1.70. The molecule has 3 aromatic heterocycles. The summed E-state index contributed by atoms with van der Waals surface area (Å²) in [5.74, 6) is 0.775. The van der Waals surface area contributed by atoms with Crippen LogP contribution in [0.15, 0.2) is 41.8 Å². The van der Waals surface area contributed by atoms with Crippen molar-refractivity contribution in [3.63, 3.8) is 0 Å². The van der Waals surface area contributed by atoms with Gasteiger partial charge in [-0.05, 0) is 42.8 Å². The third-order valence-corrected chi connectivity index (χ3v) is 5.05. The van der Waals surface area contributed by atoms with Crippen LogP contribution in [0.4, 0.5) is 0 Å². The van der Waals surface area contributed by atoms with E-state index in [-0.39, 0.29) is 11.8 Å². The lowest BCUT2D eigenvalue weighted by molar-refractivity contribution is -0.125. The Morgan fingerprint density at radius 3 is 3.04 bits per heavy atom. The Bertz CT molecular complexity index is 884. The van der Waals surface area contributed by atoms with Gasteiger partial charge in [0.1, 0.15) is 5.69 Å². The lowest BCUT2D eigenvalue weighted by Gasteiger charge is -2.16. The van der Waals surface area contributed by atoms with Crippen LogP contribution >= 0.6 is 11.3 Å². The van der Waals surface area contributed by atoms with Crippen molar-refractivity contribution in [2.24, 2.45) is 5.92 Å². The van der Waals surface area contributed by atoms with Gasteiger partial charge in [0.05, 0.1) is 11.4 Å². The molecule has 1 aliphatic carbocycles. The van der Waals surface area contributed by atoms with Crippen molar-refractivity contribution in [1.82, 2.24) is 25.1 Å².